The van der Waals surface area contributed by atoms with Gasteiger partial charge in [-0.3, -0.25) is 0 Å². The van der Waals surface area contributed by atoms with Gasteiger partial charge in [0.2, 0.25) is 0 Å². The second-order valence-electron chi connectivity index (χ2n) is 21.0. The van der Waals surface area contributed by atoms with Crippen molar-refractivity contribution in [1.29, 1.82) is 0 Å². The zero-order chi connectivity index (χ0) is 59.8. The van der Waals surface area contributed by atoms with Gasteiger partial charge in [0, 0.05) is 75.7 Å². The Labute approximate surface area is 472 Å². The molecule has 24 nitrogen and oxygen atoms in total. The largest absolute Gasteiger partial charge is 0.508 e. The summed E-state index contributed by atoms with van der Waals surface area (Å²) in [6.45, 7) is 0. The first kappa shape index (κ1) is 54.2. The SMILES string of the molecule is Oc1cc(O)c2c(c1)O[C@H](c1ccc(O)c(O)c1)[C@H](O)C2c1c(O)cc(O)c2c1O[C@H](c1ccc(O)c(O)c1)[C@H](O)[C@H]2c1c(O)cc(O)c2c1O[C@H](c1ccc(O)c(O)c1)[C@H](O)[C@H]2c1c(O)cc(O)c2c1O[C@H](c1ccc(O)c(O)c1)[C@H](O)C2. The van der Waals surface area contributed by atoms with E-state index < -0.39 is 210 Å². The highest BCUT2D eigenvalue weighted by molar-refractivity contribution is 5.73. The van der Waals surface area contributed by atoms with Crippen LogP contribution in [0.2, 0.25) is 0 Å². The summed E-state index contributed by atoms with van der Waals surface area (Å²) >= 11 is 0. The third kappa shape index (κ3) is 8.44. The maximum Gasteiger partial charge on any atom is 0.157 e. The molecule has 0 amide bonds. The van der Waals surface area contributed by atoms with Crippen LogP contribution in [0.1, 0.15) is 103 Å². The molecule has 0 saturated carbocycles. The van der Waals surface area contributed by atoms with Crippen LogP contribution in [0.4, 0.5) is 0 Å². The van der Waals surface area contributed by atoms with Gasteiger partial charge in [0.1, 0.15) is 93.4 Å². The van der Waals surface area contributed by atoms with Gasteiger partial charge < -0.3 is 121 Å². The van der Waals surface area contributed by atoms with E-state index in [0.717, 1.165) is 78.9 Å². The number of phenolic OH excluding ortho intramolecular Hbond substituents is 16. The van der Waals surface area contributed by atoms with Crippen molar-refractivity contribution in [1.82, 2.24) is 0 Å². The number of ether oxygens (including phenoxy) is 4. The monoisotopic (exact) mass is 1150 g/mol. The van der Waals surface area contributed by atoms with Crippen molar-refractivity contribution in [3.63, 3.8) is 0 Å². The molecular formula is C60H50O24. The highest BCUT2D eigenvalue weighted by Crippen LogP contribution is 2.65. The van der Waals surface area contributed by atoms with Crippen molar-refractivity contribution in [3.05, 3.63) is 164 Å². The van der Waals surface area contributed by atoms with E-state index in [4.69, 9.17) is 18.9 Å². The van der Waals surface area contributed by atoms with Gasteiger partial charge in [-0.05, 0) is 70.8 Å². The smallest absolute Gasteiger partial charge is 0.157 e. The molecule has 12 rings (SSSR count). The van der Waals surface area contributed by atoms with Gasteiger partial charge >= 0.3 is 0 Å². The maximum absolute atomic E-state index is 13.1. The van der Waals surface area contributed by atoms with E-state index in [1.807, 2.05) is 0 Å². The van der Waals surface area contributed by atoms with E-state index in [1.165, 1.54) is 24.3 Å². The van der Waals surface area contributed by atoms with Crippen LogP contribution in [0.5, 0.6) is 115 Å². The number of rotatable bonds is 7. The van der Waals surface area contributed by atoms with Crippen molar-refractivity contribution in [2.45, 2.75) is 73.0 Å². The van der Waals surface area contributed by atoms with Crippen molar-refractivity contribution in [3.8, 4) is 115 Å². The molecule has 0 saturated heterocycles. The van der Waals surface area contributed by atoms with Crippen LogP contribution in [0.25, 0.3) is 0 Å². The highest BCUT2D eigenvalue weighted by Gasteiger charge is 2.53. The fourth-order valence-corrected chi connectivity index (χ4v) is 12.2. The molecule has 4 aliphatic heterocycles. The molecule has 20 N–H and O–H groups in total. The van der Waals surface area contributed by atoms with Gasteiger partial charge in [-0.2, -0.15) is 0 Å². The van der Waals surface area contributed by atoms with Gasteiger partial charge in [0.25, 0.3) is 0 Å². The maximum atomic E-state index is 13.1. The summed E-state index contributed by atoms with van der Waals surface area (Å²) in [6.07, 6.45) is -14.8. The Balaban J connectivity index is 1.14. The van der Waals surface area contributed by atoms with E-state index in [-0.39, 0.29) is 39.1 Å². The molecule has 8 aromatic rings. The number of benzene rings is 8. The van der Waals surface area contributed by atoms with Gasteiger partial charge in [-0.25, -0.2) is 0 Å². The summed E-state index contributed by atoms with van der Waals surface area (Å²) in [5.74, 6) is -19.0. The van der Waals surface area contributed by atoms with E-state index in [0.29, 0.717) is 0 Å². The van der Waals surface area contributed by atoms with E-state index in [1.54, 1.807) is 0 Å². The van der Waals surface area contributed by atoms with Gasteiger partial charge in [-0.15, -0.1) is 0 Å². The van der Waals surface area contributed by atoms with Gasteiger partial charge in [0.15, 0.2) is 64.3 Å². The second-order valence-corrected chi connectivity index (χ2v) is 21.0. The molecule has 0 spiro atoms. The number of aliphatic hydroxyl groups excluding tert-OH is 4. The average molecular weight is 1160 g/mol. The highest BCUT2D eigenvalue weighted by atomic mass is 16.5. The summed E-state index contributed by atoms with van der Waals surface area (Å²) in [4.78, 5) is 0. The summed E-state index contributed by atoms with van der Waals surface area (Å²) in [5, 5.41) is 229. The molecular weight excluding hydrogens is 1100 g/mol. The first-order valence-corrected chi connectivity index (χ1v) is 25.7. The molecule has 0 aliphatic carbocycles. The quantitative estimate of drug-likeness (QED) is 0.0827. The van der Waals surface area contributed by atoms with Crippen LogP contribution in [-0.2, 0) is 6.42 Å². The Morgan fingerprint density at radius 1 is 0.274 bits per heavy atom. The minimum Gasteiger partial charge on any atom is -0.508 e. The van der Waals surface area contributed by atoms with Crippen molar-refractivity contribution in [2.24, 2.45) is 0 Å². The van der Waals surface area contributed by atoms with Gasteiger partial charge in [0.05, 0.1) is 23.9 Å². The van der Waals surface area contributed by atoms with Crippen LogP contribution in [0.15, 0.2) is 103 Å². The fraction of sp³-hybridized carbons (Fsp3) is 0.200. The first-order valence-electron chi connectivity index (χ1n) is 25.7. The Bertz CT molecular complexity index is 4030. The number of hydrogen-bond donors (Lipinski definition) is 20. The molecule has 434 valence electrons. The Hall–Kier alpha value is -10.4. The third-order valence-electron chi connectivity index (χ3n) is 16.0. The lowest BCUT2D eigenvalue weighted by Gasteiger charge is -2.44. The standard InChI is InChI=1S/C60H50O24/c61-23-13-34(71)42-41(14-23)81-55(20-2-6-26(63)31(68)10-20)51(78)48(42)44-36(73)17-38(75)46-50(53(80)57(83-59(44)46)22-4-8-28(65)33(70)12-22)47-39(76)18-37(74)45-49(52(79)56(84-60(45)47)21-3-7-27(64)32(69)11-21)43-35(72)16-29(66)24-15-40(77)54(82-58(24)43)19-1-5-25(62)30(67)9-19/h1-14,16-18,40,48-57,61-80H,15H2/t40-,48?,49+,50-,51-,52-,53-,54-,55-,56-,57-/m1/s1. The molecule has 8 aromatic carbocycles. The van der Waals surface area contributed by atoms with E-state index in [2.05, 4.69) is 0 Å². The van der Waals surface area contributed by atoms with Crippen LogP contribution in [0, 0.1) is 0 Å². The van der Waals surface area contributed by atoms with Crippen molar-refractivity contribution >= 4 is 0 Å². The molecule has 0 bridgehead atoms. The molecule has 1 unspecified atom stereocenters. The van der Waals surface area contributed by atoms with Crippen LogP contribution < -0.4 is 18.9 Å². The predicted octanol–water partition coefficient (Wildman–Crippen LogP) is 5.89. The lowest BCUT2D eigenvalue weighted by atomic mass is 9.72. The minimum atomic E-state index is -2.15. The fourth-order valence-electron chi connectivity index (χ4n) is 12.2. The van der Waals surface area contributed by atoms with Crippen LogP contribution in [0.3, 0.4) is 0 Å². The molecule has 0 fully saturated rings. The molecule has 11 atom stereocenters. The molecule has 4 aliphatic rings. The normalized spacial score (nSPS) is 24.0. The summed E-state index contributed by atoms with van der Waals surface area (Å²) in [7, 11) is 0. The predicted molar refractivity (Wildman–Crippen MR) is 285 cm³/mol. The number of fused-ring (bicyclic) bond motifs is 4. The minimum absolute atomic E-state index is 0.00111. The molecule has 84 heavy (non-hydrogen) atoms. The topological polar surface area (TPSA) is 442 Å². The zero-order valence-corrected chi connectivity index (χ0v) is 43.0. The van der Waals surface area contributed by atoms with Gasteiger partial charge in [-0.1, -0.05) is 24.3 Å². The van der Waals surface area contributed by atoms with Crippen molar-refractivity contribution in [2.75, 3.05) is 0 Å². The summed E-state index contributed by atoms with van der Waals surface area (Å²) < 4.78 is 25.8. The number of hydrogen-bond acceptors (Lipinski definition) is 24. The first-order chi connectivity index (χ1) is 39.9. The van der Waals surface area contributed by atoms with E-state index in [9.17, 15) is 102 Å². The van der Waals surface area contributed by atoms with E-state index >= 15 is 0 Å². The van der Waals surface area contributed by atoms with Crippen molar-refractivity contribution < 1.29 is 121 Å². The second kappa shape index (κ2) is 19.7. The molecule has 0 radical (unpaired) electrons. The molecule has 0 aromatic heterocycles. The Morgan fingerprint density at radius 2 is 0.583 bits per heavy atom. The Morgan fingerprint density at radius 3 is 0.964 bits per heavy atom. The lowest BCUT2D eigenvalue weighted by molar-refractivity contribution is -0.00858. The number of phenols is 16. The summed E-state index contributed by atoms with van der Waals surface area (Å²) in [6, 6.07) is 17.7. The summed E-state index contributed by atoms with van der Waals surface area (Å²) in [5.41, 5.74) is -3.20. The average Bonchev–Trinajstić information content (AvgIpc) is 1.45. The third-order valence-corrected chi connectivity index (χ3v) is 16.0. The van der Waals surface area contributed by atoms with Crippen LogP contribution >= 0.6 is 0 Å². The number of aromatic hydroxyl groups is 16. The molecule has 24 heteroatoms. The lowest BCUT2D eigenvalue weighted by Crippen LogP contribution is -2.40. The zero-order valence-electron chi connectivity index (χ0n) is 43.0. The number of aliphatic hydroxyl groups is 4. The Kier molecular flexibility index (Phi) is 12.7. The van der Waals surface area contributed by atoms with Crippen LogP contribution in [-0.4, -0.2) is 127 Å². The molecule has 4 heterocycles.